The second-order valence-electron chi connectivity index (χ2n) is 4.06. The number of fused-ring (bicyclic) bond motifs is 1. The lowest BCUT2D eigenvalue weighted by Gasteiger charge is -2.15. The Morgan fingerprint density at radius 2 is 1.94 bits per heavy atom. The van der Waals surface area contributed by atoms with Crippen molar-refractivity contribution in [1.29, 1.82) is 0 Å². The van der Waals surface area contributed by atoms with Crippen LogP contribution >= 0.6 is 11.6 Å². The predicted molar refractivity (Wildman–Crippen MR) is 75.4 cm³/mol. The normalized spacial score (nSPS) is 13.3. The van der Waals surface area contributed by atoms with E-state index in [0.29, 0.717) is 6.04 Å². The second kappa shape index (κ2) is 5.85. The molecule has 2 heteroatoms. The first kappa shape index (κ1) is 12.2. The van der Waals surface area contributed by atoms with Gasteiger partial charge in [-0.2, -0.15) is 0 Å². The van der Waals surface area contributed by atoms with Gasteiger partial charge in [-0.1, -0.05) is 60.1 Å². The van der Waals surface area contributed by atoms with Crippen molar-refractivity contribution < 1.29 is 0 Å². The molecule has 1 N–H and O–H groups in total. The van der Waals surface area contributed by atoms with E-state index in [0.717, 1.165) is 6.54 Å². The highest BCUT2D eigenvalue weighted by molar-refractivity contribution is 6.25. The summed E-state index contributed by atoms with van der Waals surface area (Å²) in [6.45, 7) is 2.96. The van der Waals surface area contributed by atoms with Gasteiger partial charge in [0.15, 0.2) is 0 Å². The zero-order chi connectivity index (χ0) is 12.1. The maximum Gasteiger partial charge on any atom is 0.0300 e. The number of halogens is 1. The molecule has 0 bridgehead atoms. The summed E-state index contributed by atoms with van der Waals surface area (Å²) >= 11 is 5.51. The predicted octanol–water partition coefficient (Wildman–Crippen LogP) is 4.24. The molecule has 0 heterocycles. The number of benzene rings is 2. The van der Waals surface area contributed by atoms with E-state index in [2.05, 4.69) is 54.7 Å². The van der Waals surface area contributed by atoms with Gasteiger partial charge in [0.1, 0.15) is 0 Å². The van der Waals surface area contributed by atoms with Crippen LogP contribution in [0.15, 0.2) is 54.1 Å². The van der Waals surface area contributed by atoms with Gasteiger partial charge in [-0.3, -0.25) is 0 Å². The Kier molecular flexibility index (Phi) is 4.18. The van der Waals surface area contributed by atoms with E-state index in [-0.39, 0.29) is 0 Å². The standard InChI is InChI=1S/C15H16ClN/c1-12(17-11-5-10-16)14-9-4-7-13-6-2-3-8-15(13)14/h2-10,12,17H,11H2,1H3/b10-5+. The molecule has 0 spiro atoms. The van der Waals surface area contributed by atoms with Gasteiger partial charge in [-0.05, 0) is 23.3 Å². The van der Waals surface area contributed by atoms with Crippen LogP contribution in [-0.4, -0.2) is 6.54 Å². The van der Waals surface area contributed by atoms with Crippen LogP contribution in [0.25, 0.3) is 10.8 Å². The fourth-order valence-electron chi connectivity index (χ4n) is 2.03. The molecule has 0 fully saturated rings. The van der Waals surface area contributed by atoms with Crippen LogP contribution < -0.4 is 5.32 Å². The molecule has 17 heavy (non-hydrogen) atoms. The van der Waals surface area contributed by atoms with Crippen LogP contribution in [-0.2, 0) is 0 Å². The van der Waals surface area contributed by atoms with E-state index in [9.17, 15) is 0 Å². The molecular formula is C15H16ClN. The zero-order valence-corrected chi connectivity index (χ0v) is 10.6. The Hall–Kier alpha value is -1.31. The highest BCUT2D eigenvalue weighted by Gasteiger charge is 2.07. The van der Waals surface area contributed by atoms with Crippen molar-refractivity contribution in [3.8, 4) is 0 Å². The maximum absolute atomic E-state index is 5.51. The Balaban J connectivity index is 2.28. The molecule has 1 unspecified atom stereocenters. The quantitative estimate of drug-likeness (QED) is 0.850. The molecule has 0 aliphatic rings. The molecule has 2 rings (SSSR count). The molecule has 0 aliphatic carbocycles. The van der Waals surface area contributed by atoms with Crippen LogP contribution in [0, 0.1) is 0 Å². The molecule has 1 nitrogen and oxygen atoms in total. The molecule has 1 atom stereocenters. The largest absolute Gasteiger partial charge is 0.307 e. The summed E-state index contributed by atoms with van der Waals surface area (Å²) < 4.78 is 0. The summed E-state index contributed by atoms with van der Waals surface area (Å²) in [6.07, 6.45) is 1.91. The smallest absolute Gasteiger partial charge is 0.0300 e. The Morgan fingerprint density at radius 1 is 1.18 bits per heavy atom. The first-order valence-electron chi connectivity index (χ1n) is 5.79. The number of rotatable bonds is 4. The molecule has 2 aromatic carbocycles. The minimum atomic E-state index is 0.314. The van der Waals surface area contributed by atoms with Crippen molar-refractivity contribution >= 4 is 22.4 Å². The van der Waals surface area contributed by atoms with Gasteiger partial charge < -0.3 is 5.32 Å². The molecule has 88 valence electrons. The Labute approximate surface area is 107 Å². The van der Waals surface area contributed by atoms with Gasteiger partial charge in [0.2, 0.25) is 0 Å². The molecule has 0 amide bonds. The van der Waals surface area contributed by atoms with Crippen LogP contribution in [0.1, 0.15) is 18.5 Å². The number of nitrogens with one attached hydrogen (secondary N) is 1. The van der Waals surface area contributed by atoms with Gasteiger partial charge in [0.25, 0.3) is 0 Å². The number of hydrogen-bond donors (Lipinski definition) is 1. The average Bonchev–Trinajstić information content (AvgIpc) is 2.38. The molecule has 2 aromatic rings. The Bertz CT molecular complexity index is 514. The van der Waals surface area contributed by atoms with Gasteiger partial charge >= 0.3 is 0 Å². The van der Waals surface area contributed by atoms with Crippen LogP contribution in [0.4, 0.5) is 0 Å². The number of hydrogen-bond acceptors (Lipinski definition) is 1. The fraction of sp³-hybridized carbons (Fsp3) is 0.200. The van der Waals surface area contributed by atoms with E-state index in [1.54, 1.807) is 5.54 Å². The third kappa shape index (κ3) is 2.87. The van der Waals surface area contributed by atoms with Gasteiger partial charge in [-0.25, -0.2) is 0 Å². The fourth-order valence-corrected chi connectivity index (χ4v) is 2.12. The second-order valence-corrected chi connectivity index (χ2v) is 4.31. The molecule has 0 radical (unpaired) electrons. The molecule has 0 aromatic heterocycles. The lowest BCUT2D eigenvalue weighted by Crippen LogP contribution is -2.18. The monoisotopic (exact) mass is 245 g/mol. The highest BCUT2D eigenvalue weighted by atomic mass is 35.5. The van der Waals surface area contributed by atoms with E-state index < -0.39 is 0 Å². The molecule has 0 saturated carbocycles. The van der Waals surface area contributed by atoms with Gasteiger partial charge in [0, 0.05) is 18.1 Å². The summed E-state index contributed by atoms with van der Waals surface area (Å²) in [6, 6.07) is 15.2. The minimum absolute atomic E-state index is 0.314. The van der Waals surface area contributed by atoms with E-state index in [4.69, 9.17) is 11.6 Å². The summed E-state index contributed by atoms with van der Waals surface area (Å²) in [5.41, 5.74) is 2.87. The molecular weight excluding hydrogens is 230 g/mol. The third-order valence-electron chi connectivity index (χ3n) is 2.92. The lowest BCUT2D eigenvalue weighted by molar-refractivity contribution is 0.622. The van der Waals surface area contributed by atoms with E-state index >= 15 is 0 Å². The van der Waals surface area contributed by atoms with Crippen molar-refractivity contribution in [1.82, 2.24) is 5.32 Å². The molecule has 0 aliphatic heterocycles. The first-order valence-corrected chi connectivity index (χ1v) is 6.23. The van der Waals surface area contributed by atoms with Gasteiger partial charge in [-0.15, -0.1) is 0 Å². The highest BCUT2D eigenvalue weighted by Crippen LogP contribution is 2.23. The topological polar surface area (TPSA) is 12.0 Å². The lowest BCUT2D eigenvalue weighted by atomic mass is 10.00. The maximum atomic E-state index is 5.51. The van der Waals surface area contributed by atoms with Crippen LogP contribution in [0.5, 0.6) is 0 Å². The van der Waals surface area contributed by atoms with E-state index in [1.807, 2.05) is 6.08 Å². The van der Waals surface area contributed by atoms with Crippen molar-refractivity contribution in [3.63, 3.8) is 0 Å². The van der Waals surface area contributed by atoms with Crippen molar-refractivity contribution in [2.75, 3.05) is 6.54 Å². The van der Waals surface area contributed by atoms with E-state index in [1.165, 1.54) is 16.3 Å². The Morgan fingerprint density at radius 3 is 2.76 bits per heavy atom. The van der Waals surface area contributed by atoms with Crippen LogP contribution in [0.2, 0.25) is 0 Å². The third-order valence-corrected chi connectivity index (χ3v) is 3.10. The van der Waals surface area contributed by atoms with Gasteiger partial charge in [0.05, 0.1) is 0 Å². The SMILES string of the molecule is CC(NC/C=C/Cl)c1cccc2ccccc12. The minimum Gasteiger partial charge on any atom is -0.307 e. The van der Waals surface area contributed by atoms with Crippen LogP contribution in [0.3, 0.4) is 0 Å². The summed E-state index contributed by atoms with van der Waals surface area (Å²) in [5, 5.41) is 6.01. The summed E-state index contributed by atoms with van der Waals surface area (Å²) in [4.78, 5) is 0. The zero-order valence-electron chi connectivity index (χ0n) is 9.86. The molecule has 0 saturated heterocycles. The summed E-state index contributed by atoms with van der Waals surface area (Å²) in [7, 11) is 0. The first-order chi connectivity index (χ1) is 8.33. The van der Waals surface area contributed by atoms with Crippen molar-refractivity contribution in [3.05, 3.63) is 59.6 Å². The summed E-state index contributed by atoms with van der Waals surface area (Å²) in [5.74, 6) is 0. The van der Waals surface area contributed by atoms with Crippen molar-refractivity contribution in [2.24, 2.45) is 0 Å². The van der Waals surface area contributed by atoms with Crippen molar-refractivity contribution in [2.45, 2.75) is 13.0 Å². The average molecular weight is 246 g/mol.